The molecule has 114 valence electrons. The van der Waals surface area contributed by atoms with Gasteiger partial charge in [0, 0.05) is 25.4 Å². The van der Waals surface area contributed by atoms with Crippen molar-refractivity contribution in [1.82, 2.24) is 14.1 Å². The van der Waals surface area contributed by atoms with E-state index in [1.165, 1.54) is 0 Å². The van der Waals surface area contributed by atoms with E-state index in [2.05, 4.69) is 9.71 Å². The number of imidazole rings is 1. The highest BCUT2D eigenvalue weighted by Gasteiger charge is 2.13. The van der Waals surface area contributed by atoms with Crippen LogP contribution in [0.3, 0.4) is 0 Å². The van der Waals surface area contributed by atoms with E-state index in [0.717, 1.165) is 16.9 Å². The van der Waals surface area contributed by atoms with Gasteiger partial charge in [-0.3, -0.25) is 0 Å². The predicted octanol–water partition coefficient (Wildman–Crippen LogP) is 2.16. The minimum absolute atomic E-state index is 0.285. The van der Waals surface area contributed by atoms with Gasteiger partial charge in [0.1, 0.15) is 5.65 Å². The lowest BCUT2D eigenvalue weighted by Gasteiger charge is -2.06. The van der Waals surface area contributed by atoms with Gasteiger partial charge in [-0.2, -0.15) is 0 Å². The first kappa shape index (κ1) is 14.7. The highest BCUT2D eigenvalue weighted by Crippen LogP contribution is 2.10. The Hall–Kier alpha value is -2.18. The Kier molecular flexibility index (Phi) is 3.96. The molecular weight excluding hydrogens is 298 g/mol. The molecule has 1 N–H and O–H groups in total. The van der Waals surface area contributed by atoms with Crippen molar-refractivity contribution >= 4 is 15.7 Å². The van der Waals surface area contributed by atoms with E-state index in [1.54, 1.807) is 24.3 Å². The molecule has 3 aromatic rings. The summed E-state index contributed by atoms with van der Waals surface area (Å²) in [6.07, 6.45) is 4.38. The Morgan fingerprint density at radius 2 is 1.91 bits per heavy atom. The topological polar surface area (TPSA) is 63.5 Å². The number of fused-ring (bicyclic) bond motifs is 1. The quantitative estimate of drug-likeness (QED) is 0.785. The first-order chi connectivity index (χ1) is 10.5. The highest BCUT2D eigenvalue weighted by molar-refractivity contribution is 7.89. The lowest BCUT2D eigenvalue weighted by atomic mass is 10.2. The van der Waals surface area contributed by atoms with Crippen molar-refractivity contribution in [3.63, 3.8) is 0 Å². The second-order valence-corrected chi connectivity index (χ2v) is 6.93. The minimum atomic E-state index is -3.46. The van der Waals surface area contributed by atoms with E-state index in [1.807, 2.05) is 41.9 Å². The largest absolute Gasteiger partial charge is 0.307 e. The van der Waals surface area contributed by atoms with E-state index in [-0.39, 0.29) is 4.90 Å². The number of sulfonamides is 1. The normalized spacial score (nSPS) is 11.9. The van der Waals surface area contributed by atoms with E-state index >= 15 is 0 Å². The zero-order valence-corrected chi connectivity index (χ0v) is 13.0. The first-order valence-corrected chi connectivity index (χ1v) is 8.52. The lowest BCUT2D eigenvalue weighted by molar-refractivity contribution is 0.581. The summed E-state index contributed by atoms with van der Waals surface area (Å²) in [5.74, 6) is 0. The Bertz CT molecular complexity index is 850. The van der Waals surface area contributed by atoms with Gasteiger partial charge in [0.2, 0.25) is 10.0 Å². The molecule has 0 fully saturated rings. The van der Waals surface area contributed by atoms with Crippen LogP contribution in [0.4, 0.5) is 0 Å². The van der Waals surface area contributed by atoms with E-state index in [4.69, 9.17) is 0 Å². The summed E-state index contributed by atoms with van der Waals surface area (Å²) < 4.78 is 28.9. The van der Waals surface area contributed by atoms with Crippen LogP contribution in [0, 0.1) is 6.92 Å². The molecule has 2 heterocycles. The molecule has 0 saturated carbocycles. The van der Waals surface area contributed by atoms with Gasteiger partial charge < -0.3 is 4.40 Å². The van der Waals surface area contributed by atoms with Crippen LogP contribution < -0.4 is 4.72 Å². The number of hydrogen-bond acceptors (Lipinski definition) is 3. The number of benzene rings is 1. The summed E-state index contributed by atoms with van der Waals surface area (Å²) in [5, 5.41) is 0. The van der Waals surface area contributed by atoms with Gasteiger partial charge in [-0.1, -0.05) is 23.8 Å². The van der Waals surface area contributed by atoms with Crippen LogP contribution in [0.15, 0.2) is 59.8 Å². The Morgan fingerprint density at radius 1 is 1.14 bits per heavy atom. The Labute approximate surface area is 129 Å². The van der Waals surface area contributed by atoms with Crippen LogP contribution >= 0.6 is 0 Å². The molecule has 0 aliphatic rings. The van der Waals surface area contributed by atoms with Crippen LogP contribution in [0.25, 0.3) is 5.65 Å². The van der Waals surface area contributed by atoms with Crippen LogP contribution in [-0.4, -0.2) is 24.3 Å². The molecular formula is C16H17N3O2S. The number of hydrogen-bond donors (Lipinski definition) is 1. The maximum Gasteiger partial charge on any atom is 0.240 e. The van der Waals surface area contributed by atoms with Gasteiger partial charge >= 0.3 is 0 Å². The lowest BCUT2D eigenvalue weighted by Crippen LogP contribution is -2.26. The molecule has 0 bridgehead atoms. The number of rotatable bonds is 5. The summed E-state index contributed by atoms with van der Waals surface area (Å²) in [6.45, 7) is 2.24. The maximum absolute atomic E-state index is 12.2. The summed E-state index contributed by atoms with van der Waals surface area (Å²) in [7, 11) is -3.46. The molecule has 0 unspecified atom stereocenters. The van der Waals surface area contributed by atoms with Crippen molar-refractivity contribution in [3.8, 4) is 0 Å². The van der Waals surface area contributed by atoms with Crippen molar-refractivity contribution in [2.24, 2.45) is 0 Å². The van der Waals surface area contributed by atoms with E-state index in [0.29, 0.717) is 13.0 Å². The second-order valence-electron chi connectivity index (χ2n) is 5.16. The van der Waals surface area contributed by atoms with Crippen LogP contribution in [0.5, 0.6) is 0 Å². The third-order valence-corrected chi connectivity index (χ3v) is 4.90. The molecule has 0 radical (unpaired) electrons. The Balaban J connectivity index is 1.65. The van der Waals surface area contributed by atoms with E-state index < -0.39 is 10.0 Å². The molecule has 6 heteroatoms. The van der Waals surface area contributed by atoms with Crippen molar-refractivity contribution in [2.45, 2.75) is 18.2 Å². The zero-order valence-electron chi connectivity index (χ0n) is 12.2. The highest BCUT2D eigenvalue weighted by atomic mass is 32.2. The number of nitrogens with one attached hydrogen (secondary N) is 1. The molecule has 0 amide bonds. The zero-order chi connectivity index (χ0) is 15.6. The first-order valence-electron chi connectivity index (χ1n) is 7.03. The molecule has 0 saturated heterocycles. The molecule has 0 atom stereocenters. The molecule has 0 spiro atoms. The summed E-state index contributed by atoms with van der Waals surface area (Å²) in [5.41, 5.74) is 2.75. The number of nitrogens with zero attached hydrogens (tertiary/aromatic N) is 2. The molecule has 22 heavy (non-hydrogen) atoms. The standard InChI is InChI=1S/C16H17N3O2S/c1-13-5-7-15(8-6-13)22(20,21)17-10-9-14-12-19-11-3-2-4-16(19)18-14/h2-8,11-12,17H,9-10H2,1H3. The van der Waals surface area contributed by atoms with Gasteiger partial charge in [-0.15, -0.1) is 0 Å². The van der Waals surface area contributed by atoms with Gasteiger partial charge in [-0.05, 0) is 31.2 Å². The summed E-state index contributed by atoms with van der Waals surface area (Å²) in [6, 6.07) is 12.6. The third kappa shape index (κ3) is 3.18. The Morgan fingerprint density at radius 3 is 2.64 bits per heavy atom. The van der Waals surface area contributed by atoms with Crippen LogP contribution in [0.1, 0.15) is 11.3 Å². The fourth-order valence-electron chi connectivity index (χ4n) is 2.22. The number of aromatic nitrogens is 2. The molecule has 1 aromatic carbocycles. The SMILES string of the molecule is Cc1ccc(S(=O)(=O)NCCc2cn3ccccc3n2)cc1. The fourth-order valence-corrected chi connectivity index (χ4v) is 3.25. The van der Waals surface area contributed by atoms with Crippen molar-refractivity contribution in [2.75, 3.05) is 6.54 Å². The summed E-state index contributed by atoms with van der Waals surface area (Å²) >= 11 is 0. The van der Waals surface area contributed by atoms with Gasteiger partial charge in [0.15, 0.2) is 0 Å². The van der Waals surface area contributed by atoms with Crippen LogP contribution in [0.2, 0.25) is 0 Å². The van der Waals surface area contributed by atoms with E-state index in [9.17, 15) is 8.42 Å². The number of pyridine rings is 1. The van der Waals surface area contributed by atoms with Gasteiger partial charge in [-0.25, -0.2) is 18.1 Å². The average molecular weight is 315 g/mol. The monoisotopic (exact) mass is 315 g/mol. The van der Waals surface area contributed by atoms with Gasteiger partial charge in [0.25, 0.3) is 0 Å². The molecule has 0 aliphatic carbocycles. The third-order valence-electron chi connectivity index (χ3n) is 3.42. The molecule has 3 rings (SSSR count). The van der Waals surface area contributed by atoms with Crippen LogP contribution in [-0.2, 0) is 16.4 Å². The molecule has 5 nitrogen and oxygen atoms in total. The molecule has 2 aromatic heterocycles. The maximum atomic E-state index is 12.2. The minimum Gasteiger partial charge on any atom is -0.307 e. The smallest absolute Gasteiger partial charge is 0.240 e. The summed E-state index contributed by atoms with van der Waals surface area (Å²) in [4.78, 5) is 4.73. The fraction of sp³-hybridized carbons (Fsp3) is 0.188. The second kappa shape index (κ2) is 5.90. The molecule has 0 aliphatic heterocycles. The number of aryl methyl sites for hydroxylation is 1. The van der Waals surface area contributed by atoms with Crippen molar-refractivity contribution in [3.05, 3.63) is 66.1 Å². The van der Waals surface area contributed by atoms with Gasteiger partial charge in [0.05, 0.1) is 10.6 Å². The van der Waals surface area contributed by atoms with Crippen molar-refractivity contribution < 1.29 is 8.42 Å². The predicted molar refractivity (Wildman–Crippen MR) is 85.3 cm³/mol. The van der Waals surface area contributed by atoms with Crippen molar-refractivity contribution in [1.29, 1.82) is 0 Å². The average Bonchev–Trinajstić information content (AvgIpc) is 2.90.